The van der Waals surface area contributed by atoms with E-state index in [2.05, 4.69) is 17.2 Å². The molecule has 0 spiro atoms. The highest BCUT2D eigenvalue weighted by molar-refractivity contribution is 6.30. The third kappa shape index (κ3) is 3.69. The van der Waals surface area contributed by atoms with E-state index in [0.29, 0.717) is 12.2 Å². The normalized spacial score (nSPS) is 12.4. The molecule has 2 N–H and O–H groups in total. The number of aryl methyl sites for hydroxylation is 1. The van der Waals surface area contributed by atoms with Gasteiger partial charge in [-0.2, -0.15) is 0 Å². The minimum Gasteiger partial charge on any atom is -0.506 e. The Balaban J connectivity index is 2.02. The number of halogens is 1. The van der Waals surface area contributed by atoms with Crippen molar-refractivity contribution in [3.05, 3.63) is 58.4 Å². The zero-order chi connectivity index (χ0) is 13.8. The minimum atomic E-state index is 0.166. The molecule has 0 radical (unpaired) electrons. The number of pyridine rings is 1. The van der Waals surface area contributed by atoms with Gasteiger partial charge in [0.05, 0.1) is 5.69 Å². The van der Waals surface area contributed by atoms with E-state index in [0.717, 1.165) is 16.3 Å². The molecule has 1 atom stereocenters. The van der Waals surface area contributed by atoms with Gasteiger partial charge < -0.3 is 10.4 Å². The van der Waals surface area contributed by atoms with Crippen LogP contribution in [0.15, 0.2) is 36.4 Å². The van der Waals surface area contributed by atoms with Crippen molar-refractivity contribution < 1.29 is 5.11 Å². The maximum absolute atomic E-state index is 9.73. The standard InChI is InChI=1S/C15H17ClN2O/c1-10-3-8-15(19)14(18-10)9-17-11(2)12-4-6-13(16)7-5-12/h3-8,11,17,19H,9H2,1-2H3/t11-/m0/s1. The fourth-order valence-electron chi connectivity index (χ4n) is 1.85. The Morgan fingerprint density at radius 3 is 2.58 bits per heavy atom. The van der Waals surface area contributed by atoms with Crippen molar-refractivity contribution >= 4 is 11.6 Å². The van der Waals surface area contributed by atoms with Gasteiger partial charge in [0.1, 0.15) is 5.75 Å². The zero-order valence-electron chi connectivity index (χ0n) is 11.0. The van der Waals surface area contributed by atoms with Crippen LogP contribution in [0.3, 0.4) is 0 Å². The number of aromatic hydroxyl groups is 1. The molecule has 0 saturated heterocycles. The summed E-state index contributed by atoms with van der Waals surface area (Å²) >= 11 is 5.86. The molecule has 19 heavy (non-hydrogen) atoms. The van der Waals surface area contributed by atoms with Gasteiger partial charge in [0.25, 0.3) is 0 Å². The molecule has 0 aliphatic carbocycles. The van der Waals surface area contributed by atoms with Crippen LogP contribution in [0.25, 0.3) is 0 Å². The number of nitrogens with zero attached hydrogens (tertiary/aromatic N) is 1. The molecule has 1 aromatic carbocycles. The van der Waals surface area contributed by atoms with Crippen molar-refractivity contribution in [3.63, 3.8) is 0 Å². The Morgan fingerprint density at radius 2 is 1.89 bits per heavy atom. The topological polar surface area (TPSA) is 45.1 Å². The number of rotatable bonds is 4. The molecule has 2 aromatic rings. The molecule has 1 aromatic heterocycles. The van der Waals surface area contributed by atoms with Crippen LogP contribution in [-0.4, -0.2) is 10.1 Å². The summed E-state index contributed by atoms with van der Waals surface area (Å²) in [6, 6.07) is 11.4. The number of aromatic nitrogens is 1. The third-order valence-electron chi connectivity index (χ3n) is 3.04. The summed E-state index contributed by atoms with van der Waals surface area (Å²) in [6.07, 6.45) is 0. The van der Waals surface area contributed by atoms with Gasteiger partial charge in [-0.1, -0.05) is 23.7 Å². The van der Waals surface area contributed by atoms with Gasteiger partial charge >= 0.3 is 0 Å². The van der Waals surface area contributed by atoms with Crippen molar-refractivity contribution in [1.29, 1.82) is 0 Å². The molecule has 3 nitrogen and oxygen atoms in total. The molecular weight excluding hydrogens is 260 g/mol. The lowest BCUT2D eigenvalue weighted by atomic mass is 10.1. The van der Waals surface area contributed by atoms with Crippen LogP contribution in [0.4, 0.5) is 0 Å². The van der Waals surface area contributed by atoms with Crippen LogP contribution in [0.5, 0.6) is 5.75 Å². The smallest absolute Gasteiger partial charge is 0.138 e. The molecule has 0 unspecified atom stereocenters. The minimum absolute atomic E-state index is 0.166. The second-order valence-corrected chi connectivity index (χ2v) is 5.01. The summed E-state index contributed by atoms with van der Waals surface area (Å²) in [5, 5.41) is 13.8. The van der Waals surface area contributed by atoms with Gasteiger partial charge in [-0.05, 0) is 43.7 Å². The second-order valence-electron chi connectivity index (χ2n) is 4.57. The van der Waals surface area contributed by atoms with Gasteiger partial charge in [-0.25, -0.2) is 0 Å². The van der Waals surface area contributed by atoms with Crippen LogP contribution in [0.1, 0.15) is 29.9 Å². The molecule has 0 aliphatic heterocycles. The molecule has 100 valence electrons. The van der Waals surface area contributed by atoms with Crippen LogP contribution in [0.2, 0.25) is 5.02 Å². The average molecular weight is 277 g/mol. The molecule has 0 saturated carbocycles. The Kier molecular flexibility index (Phi) is 4.40. The highest BCUT2D eigenvalue weighted by atomic mass is 35.5. The first-order valence-electron chi connectivity index (χ1n) is 6.20. The molecule has 0 fully saturated rings. The van der Waals surface area contributed by atoms with E-state index >= 15 is 0 Å². The lowest BCUT2D eigenvalue weighted by Gasteiger charge is -2.14. The Bertz CT molecular complexity index is 555. The number of hydrogen-bond donors (Lipinski definition) is 2. The first-order chi connectivity index (χ1) is 9.06. The van der Waals surface area contributed by atoms with Crippen LogP contribution in [-0.2, 0) is 6.54 Å². The molecule has 0 amide bonds. The van der Waals surface area contributed by atoms with E-state index in [1.807, 2.05) is 31.2 Å². The van der Waals surface area contributed by atoms with E-state index in [9.17, 15) is 5.11 Å². The van der Waals surface area contributed by atoms with Gasteiger partial charge in [0.15, 0.2) is 0 Å². The largest absolute Gasteiger partial charge is 0.506 e. The van der Waals surface area contributed by atoms with Crippen LogP contribution < -0.4 is 5.32 Å². The van der Waals surface area contributed by atoms with Crippen molar-refractivity contribution in [2.24, 2.45) is 0 Å². The van der Waals surface area contributed by atoms with Crippen LogP contribution in [0, 0.1) is 6.92 Å². The zero-order valence-corrected chi connectivity index (χ0v) is 11.8. The molecule has 0 aliphatic rings. The van der Waals surface area contributed by atoms with Crippen LogP contribution >= 0.6 is 11.6 Å². The number of nitrogens with one attached hydrogen (secondary N) is 1. The summed E-state index contributed by atoms with van der Waals surface area (Å²) in [5.74, 6) is 0.224. The number of benzene rings is 1. The Labute approximate surface area is 118 Å². The highest BCUT2D eigenvalue weighted by Gasteiger charge is 2.08. The second kappa shape index (κ2) is 6.04. The highest BCUT2D eigenvalue weighted by Crippen LogP contribution is 2.18. The Morgan fingerprint density at radius 1 is 1.21 bits per heavy atom. The lowest BCUT2D eigenvalue weighted by molar-refractivity contribution is 0.454. The van der Waals surface area contributed by atoms with Gasteiger partial charge in [0, 0.05) is 23.3 Å². The monoisotopic (exact) mass is 276 g/mol. The number of hydrogen-bond acceptors (Lipinski definition) is 3. The summed E-state index contributed by atoms with van der Waals surface area (Å²) in [6.45, 7) is 4.50. The summed E-state index contributed by atoms with van der Waals surface area (Å²) in [5.41, 5.74) is 2.71. The van der Waals surface area contributed by atoms with E-state index in [1.54, 1.807) is 12.1 Å². The van der Waals surface area contributed by atoms with E-state index in [4.69, 9.17) is 11.6 Å². The van der Waals surface area contributed by atoms with Crippen molar-refractivity contribution in [3.8, 4) is 5.75 Å². The predicted octanol–water partition coefficient (Wildman–Crippen LogP) is 3.60. The van der Waals surface area contributed by atoms with E-state index in [1.165, 1.54) is 0 Å². The average Bonchev–Trinajstić information content (AvgIpc) is 2.40. The molecule has 2 rings (SSSR count). The Hall–Kier alpha value is -1.58. The predicted molar refractivity (Wildman–Crippen MR) is 77.3 cm³/mol. The molecule has 1 heterocycles. The quantitative estimate of drug-likeness (QED) is 0.897. The van der Waals surface area contributed by atoms with E-state index in [-0.39, 0.29) is 11.8 Å². The molecule has 4 heteroatoms. The SMILES string of the molecule is Cc1ccc(O)c(CN[C@@H](C)c2ccc(Cl)cc2)n1. The maximum atomic E-state index is 9.73. The first kappa shape index (κ1) is 13.8. The fourth-order valence-corrected chi connectivity index (χ4v) is 1.98. The van der Waals surface area contributed by atoms with Gasteiger partial charge in [-0.15, -0.1) is 0 Å². The summed E-state index contributed by atoms with van der Waals surface area (Å²) in [4.78, 5) is 4.32. The summed E-state index contributed by atoms with van der Waals surface area (Å²) in [7, 11) is 0. The van der Waals surface area contributed by atoms with Gasteiger partial charge in [0.2, 0.25) is 0 Å². The third-order valence-corrected chi connectivity index (χ3v) is 3.29. The maximum Gasteiger partial charge on any atom is 0.138 e. The lowest BCUT2D eigenvalue weighted by Crippen LogP contribution is -2.19. The van der Waals surface area contributed by atoms with E-state index < -0.39 is 0 Å². The van der Waals surface area contributed by atoms with Gasteiger partial charge in [-0.3, -0.25) is 4.98 Å². The molecule has 0 bridgehead atoms. The summed E-state index contributed by atoms with van der Waals surface area (Å²) < 4.78 is 0. The fraction of sp³-hybridized carbons (Fsp3) is 0.267. The van der Waals surface area contributed by atoms with Crippen molar-refractivity contribution in [1.82, 2.24) is 10.3 Å². The van der Waals surface area contributed by atoms with Crippen molar-refractivity contribution in [2.45, 2.75) is 26.4 Å². The van der Waals surface area contributed by atoms with Crippen molar-refractivity contribution in [2.75, 3.05) is 0 Å². The first-order valence-corrected chi connectivity index (χ1v) is 6.58. The molecular formula is C15H17ClN2O.